The molecule has 0 bridgehead atoms. The van der Waals surface area contributed by atoms with E-state index < -0.39 is 10.8 Å². The Labute approximate surface area is 101 Å². The molecule has 0 amide bonds. The summed E-state index contributed by atoms with van der Waals surface area (Å²) in [4.78, 5) is 4.72. The second-order valence-electron chi connectivity index (χ2n) is 3.48. The molecule has 1 aromatic rings. The van der Waals surface area contributed by atoms with Crippen molar-refractivity contribution in [1.82, 2.24) is 4.31 Å². The van der Waals surface area contributed by atoms with Crippen molar-refractivity contribution in [2.24, 2.45) is 4.99 Å². The van der Waals surface area contributed by atoms with Crippen LogP contribution in [0, 0.1) is 0 Å². The van der Waals surface area contributed by atoms with Crippen molar-refractivity contribution in [3.05, 3.63) is 23.2 Å². The van der Waals surface area contributed by atoms with Crippen LogP contribution in [0.2, 0.25) is 5.02 Å². The first-order chi connectivity index (χ1) is 7.46. The molecule has 16 heavy (non-hydrogen) atoms. The summed E-state index contributed by atoms with van der Waals surface area (Å²) in [7, 11) is -2.99. The summed E-state index contributed by atoms with van der Waals surface area (Å²) in [5.74, 6) is 0.609. The molecule has 6 heteroatoms. The number of nitrogens with zero attached hydrogens (tertiary/aromatic N) is 2. The Morgan fingerprint density at radius 2 is 2.12 bits per heavy atom. The van der Waals surface area contributed by atoms with Gasteiger partial charge in [0, 0.05) is 11.6 Å². The Kier molecular flexibility index (Phi) is 2.88. The largest absolute Gasteiger partial charge is 0.277 e. The number of fused-ring (bicyclic) bond motifs is 1. The molecule has 1 heterocycles. The Hall–Kier alpha value is -0.750. The van der Waals surface area contributed by atoms with Crippen molar-refractivity contribution in [3.8, 4) is 0 Å². The maximum absolute atomic E-state index is 10.2. The Balaban J connectivity index is 2.64. The molecule has 0 saturated carbocycles. The van der Waals surface area contributed by atoms with Crippen molar-refractivity contribution in [2.45, 2.75) is 18.7 Å². The van der Waals surface area contributed by atoms with Crippen LogP contribution in [-0.4, -0.2) is 25.8 Å². The lowest BCUT2D eigenvalue weighted by Crippen LogP contribution is -2.34. The maximum atomic E-state index is 10.2. The number of amidine groups is 1. The predicted octanol–water partition coefficient (Wildman–Crippen LogP) is 3.75. The minimum absolute atomic E-state index is 0.396. The average molecular weight is 261 g/mol. The maximum Gasteiger partial charge on any atom is 0.120 e. The molecule has 88 valence electrons. The number of aliphatic imine (C=N–C) groups is 1. The number of halogens is 1. The van der Waals surface area contributed by atoms with Crippen LogP contribution < -0.4 is 0 Å². The van der Waals surface area contributed by atoms with Gasteiger partial charge in [0.1, 0.15) is 10.7 Å². The summed E-state index contributed by atoms with van der Waals surface area (Å²) in [6, 6.07) is 4.95. The number of rotatable bonds is 1. The van der Waals surface area contributed by atoms with Crippen molar-refractivity contribution < 1.29 is 9.11 Å². The van der Waals surface area contributed by atoms with Crippen LogP contribution in [0.4, 0.5) is 5.69 Å². The normalized spacial score (nSPS) is 20.1. The average Bonchev–Trinajstić information content (AvgIpc) is 2.19. The van der Waals surface area contributed by atoms with Crippen molar-refractivity contribution in [2.75, 3.05) is 6.54 Å². The topological polar surface area (TPSA) is 56.1 Å². The van der Waals surface area contributed by atoms with E-state index in [-0.39, 0.29) is 0 Å². The zero-order chi connectivity index (χ0) is 11.9. The quantitative estimate of drug-likeness (QED) is 0.809. The SMILES string of the molecule is CCN1C(C)=Nc2ccc(Cl)cc2S1(O)O. The van der Waals surface area contributed by atoms with Crippen LogP contribution in [0.25, 0.3) is 0 Å². The number of benzene rings is 1. The lowest BCUT2D eigenvalue weighted by atomic mass is 10.3. The van der Waals surface area contributed by atoms with Gasteiger partial charge in [0.2, 0.25) is 0 Å². The molecule has 0 fully saturated rings. The van der Waals surface area contributed by atoms with E-state index in [1.165, 1.54) is 4.31 Å². The van der Waals surface area contributed by atoms with Crippen molar-refractivity contribution >= 4 is 33.9 Å². The molecule has 0 unspecified atom stereocenters. The van der Waals surface area contributed by atoms with Crippen LogP contribution in [0.15, 0.2) is 28.1 Å². The molecule has 0 aromatic heterocycles. The van der Waals surface area contributed by atoms with E-state index in [9.17, 15) is 9.11 Å². The van der Waals surface area contributed by atoms with Crippen molar-refractivity contribution in [3.63, 3.8) is 0 Å². The summed E-state index contributed by atoms with van der Waals surface area (Å²) in [6.45, 7) is 4.10. The van der Waals surface area contributed by atoms with Gasteiger partial charge in [0.15, 0.2) is 0 Å². The second kappa shape index (κ2) is 3.92. The predicted molar refractivity (Wildman–Crippen MR) is 67.7 cm³/mol. The summed E-state index contributed by atoms with van der Waals surface area (Å²) in [5.41, 5.74) is 0.576. The molecule has 0 atom stereocenters. The molecule has 0 saturated heterocycles. The third-order valence-corrected chi connectivity index (χ3v) is 4.74. The molecule has 2 N–H and O–H groups in total. The minimum Gasteiger partial charge on any atom is -0.277 e. The summed E-state index contributed by atoms with van der Waals surface area (Å²) in [5, 5.41) is 0.476. The van der Waals surface area contributed by atoms with Gasteiger partial charge in [-0.1, -0.05) is 22.4 Å². The summed E-state index contributed by atoms with van der Waals surface area (Å²) in [6.07, 6.45) is 0. The highest BCUT2D eigenvalue weighted by molar-refractivity contribution is 8.22. The Morgan fingerprint density at radius 1 is 1.44 bits per heavy atom. The van der Waals surface area contributed by atoms with E-state index in [1.807, 2.05) is 6.92 Å². The number of hydrogen-bond acceptors (Lipinski definition) is 4. The molecule has 0 radical (unpaired) electrons. The van der Waals surface area contributed by atoms with Crippen LogP contribution in [0.5, 0.6) is 0 Å². The standard InChI is InChI=1S/C10H13ClN2O2S/c1-3-13-7(2)12-9-5-4-8(11)6-10(9)16(13,14)15/h4-6,14-15H,3H2,1-2H3. The first-order valence-corrected chi connectivity index (χ1v) is 6.75. The fourth-order valence-electron chi connectivity index (χ4n) is 1.74. The zero-order valence-electron chi connectivity index (χ0n) is 9.01. The van der Waals surface area contributed by atoms with E-state index >= 15 is 0 Å². The van der Waals surface area contributed by atoms with Gasteiger partial charge in [0.05, 0.1) is 5.69 Å². The fraction of sp³-hybridized carbons (Fsp3) is 0.300. The molecular weight excluding hydrogens is 248 g/mol. The van der Waals surface area contributed by atoms with E-state index in [0.717, 1.165) is 0 Å². The van der Waals surface area contributed by atoms with E-state index in [4.69, 9.17) is 11.6 Å². The summed E-state index contributed by atoms with van der Waals surface area (Å²) >= 11 is 5.86. The highest BCUT2D eigenvalue weighted by Gasteiger charge is 2.31. The Morgan fingerprint density at radius 3 is 2.75 bits per heavy atom. The van der Waals surface area contributed by atoms with Gasteiger partial charge in [-0.15, -0.1) is 0 Å². The zero-order valence-corrected chi connectivity index (χ0v) is 10.6. The molecule has 0 spiro atoms. The highest BCUT2D eigenvalue weighted by Crippen LogP contribution is 2.58. The van der Waals surface area contributed by atoms with Crippen LogP contribution >= 0.6 is 22.4 Å². The van der Waals surface area contributed by atoms with Gasteiger partial charge in [-0.2, -0.15) is 0 Å². The third kappa shape index (κ3) is 1.69. The van der Waals surface area contributed by atoms with Gasteiger partial charge in [-0.3, -0.25) is 13.4 Å². The van der Waals surface area contributed by atoms with Crippen LogP contribution in [0.3, 0.4) is 0 Å². The second-order valence-corrected chi connectivity index (χ2v) is 5.84. The fourth-order valence-corrected chi connectivity index (χ4v) is 3.66. The lowest BCUT2D eigenvalue weighted by molar-refractivity contribution is 0.421. The molecule has 1 aliphatic heterocycles. The van der Waals surface area contributed by atoms with Gasteiger partial charge in [-0.25, -0.2) is 4.99 Å². The Bertz CT molecular complexity index is 462. The van der Waals surface area contributed by atoms with Crippen LogP contribution in [0.1, 0.15) is 13.8 Å². The van der Waals surface area contributed by atoms with E-state index in [0.29, 0.717) is 28.0 Å². The molecule has 0 aliphatic carbocycles. The van der Waals surface area contributed by atoms with Gasteiger partial charge in [0.25, 0.3) is 0 Å². The molecular formula is C10H13ClN2O2S. The van der Waals surface area contributed by atoms with Gasteiger partial charge < -0.3 is 0 Å². The van der Waals surface area contributed by atoms with Gasteiger partial charge >= 0.3 is 0 Å². The number of hydrogen-bond donors (Lipinski definition) is 2. The van der Waals surface area contributed by atoms with Crippen LogP contribution in [-0.2, 0) is 0 Å². The first-order valence-electron chi connectivity index (χ1n) is 4.87. The van der Waals surface area contributed by atoms with Gasteiger partial charge in [-0.05, 0) is 32.0 Å². The first kappa shape index (κ1) is 11.7. The molecule has 1 aromatic carbocycles. The summed E-state index contributed by atoms with van der Waals surface area (Å²) < 4.78 is 21.9. The molecule has 4 nitrogen and oxygen atoms in total. The highest BCUT2D eigenvalue weighted by atomic mass is 35.5. The molecule has 2 rings (SSSR count). The van der Waals surface area contributed by atoms with Crippen molar-refractivity contribution in [1.29, 1.82) is 0 Å². The van der Waals surface area contributed by atoms with E-state index in [2.05, 4.69) is 4.99 Å². The monoisotopic (exact) mass is 260 g/mol. The molecule has 1 aliphatic rings. The lowest BCUT2D eigenvalue weighted by Gasteiger charge is -2.46. The van der Waals surface area contributed by atoms with E-state index in [1.54, 1.807) is 25.1 Å². The smallest absolute Gasteiger partial charge is 0.120 e. The third-order valence-electron chi connectivity index (χ3n) is 2.45. The minimum atomic E-state index is -2.99.